The Morgan fingerprint density at radius 1 is 1.14 bits per heavy atom. The SMILES string of the molecule is COC(=O)C1CCN(C(=O)CCc2ccc(OC)cc2)CC1. The first-order valence-electron chi connectivity index (χ1n) is 7.62. The summed E-state index contributed by atoms with van der Waals surface area (Å²) in [6, 6.07) is 7.77. The number of carbonyl (C=O) groups excluding carboxylic acids is 2. The zero-order valence-corrected chi connectivity index (χ0v) is 13.2. The Bertz CT molecular complexity index is 504. The minimum absolute atomic E-state index is 0.0596. The van der Waals surface area contributed by atoms with E-state index in [4.69, 9.17) is 9.47 Å². The minimum Gasteiger partial charge on any atom is -0.497 e. The average Bonchev–Trinajstić information content (AvgIpc) is 2.59. The van der Waals surface area contributed by atoms with Crippen molar-refractivity contribution in [2.24, 2.45) is 5.92 Å². The molecule has 0 atom stereocenters. The molecule has 0 spiro atoms. The van der Waals surface area contributed by atoms with E-state index in [-0.39, 0.29) is 17.8 Å². The number of benzene rings is 1. The van der Waals surface area contributed by atoms with Crippen molar-refractivity contribution in [3.05, 3.63) is 29.8 Å². The highest BCUT2D eigenvalue weighted by Crippen LogP contribution is 2.19. The molecule has 0 unspecified atom stereocenters. The van der Waals surface area contributed by atoms with Crippen LogP contribution in [0.15, 0.2) is 24.3 Å². The number of hydrogen-bond donors (Lipinski definition) is 0. The van der Waals surface area contributed by atoms with Gasteiger partial charge in [0.25, 0.3) is 0 Å². The number of nitrogens with zero attached hydrogens (tertiary/aromatic N) is 1. The van der Waals surface area contributed by atoms with Crippen LogP contribution in [-0.2, 0) is 20.7 Å². The van der Waals surface area contributed by atoms with Crippen molar-refractivity contribution in [1.29, 1.82) is 0 Å². The first kappa shape index (κ1) is 16.3. The lowest BCUT2D eigenvalue weighted by molar-refractivity contribution is -0.148. The van der Waals surface area contributed by atoms with Gasteiger partial charge in [0.2, 0.25) is 5.91 Å². The third-order valence-corrected chi connectivity index (χ3v) is 4.17. The van der Waals surface area contributed by atoms with Gasteiger partial charge in [-0.05, 0) is 37.0 Å². The van der Waals surface area contributed by atoms with Crippen LogP contribution in [0.3, 0.4) is 0 Å². The predicted molar refractivity (Wildman–Crippen MR) is 82.6 cm³/mol. The third kappa shape index (κ3) is 4.23. The van der Waals surface area contributed by atoms with E-state index >= 15 is 0 Å². The smallest absolute Gasteiger partial charge is 0.308 e. The van der Waals surface area contributed by atoms with Gasteiger partial charge in [0.15, 0.2) is 0 Å². The van der Waals surface area contributed by atoms with Crippen molar-refractivity contribution in [2.45, 2.75) is 25.7 Å². The van der Waals surface area contributed by atoms with E-state index in [2.05, 4.69) is 0 Å². The zero-order valence-electron chi connectivity index (χ0n) is 13.2. The van der Waals surface area contributed by atoms with Crippen LogP contribution < -0.4 is 4.74 Å². The molecule has 120 valence electrons. The third-order valence-electron chi connectivity index (χ3n) is 4.17. The van der Waals surface area contributed by atoms with Crippen LogP contribution in [0.1, 0.15) is 24.8 Å². The quantitative estimate of drug-likeness (QED) is 0.781. The van der Waals surface area contributed by atoms with Crippen molar-refractivity contribution in [3.63, 3.8) is 0 Å². The molecular formula is C17H23NO4. The summed E-state index contributed by atoms with van der Waals surface area (Å²) in [6.45, 7) is 1.28. The van der Waals surface area contributed by atoms with Crippen molar-refractivity contribution in [2.75, 3.05) is 27.3 Å². The number of esters is 1. The molecule has 0 N–H and O–H groups in total. The van der Waals surface area contributed by atoms with E-state index in [0.717, 1.165) is 17.7 Å². The number of piperidine rings is 1. The van der Waals surface area contributed by atoms with Gasteiger partial charge in [-0.3, -0.25) is 9.59 Å². The summed E-state index contributed by atoms with van der Waals surface area (Å²) < 4.78 is 9.87. The summed E-state index contributed by atoms with van der Waals surface area (Å²) in [5, 5.41) is 0. The van der Waals surface area contributed by atoms with Gasteiger partial charge in [0.05, 0.1) is 20.1 Å². The molecule has 0 aliphatic carbocycles. The van der Waals surface area contributed by atoms with Crippen LogP contribution in [0.2, 0.25) is 0 Å². The Hall–Kier alpha value is -2.04. The maximum atomic E-state index is 12.2. The second kappa shape index (κ2) is 7.82. The number of amides is 1. The summed E-state index contributed by atoms with van der Waals surface area (Å²) in [5.41, 5.74) is 1.12. The molecule has 1 fully saturated rings. The van der Waals surface area contributed by atoms with Gasteiger partial charge in [-0.1, -0.05) is 12.1 Å². The zero-order chi connectivity index (χ0) is 15.9. The molecule has 1 saturated heterocycles. The van der Waals surface area contributed by atoms with Crippen LogP contribution in [0, 0.1) is 5.92 Å². The van der Waals surface area contributed by atoms with Crippen LogP contribution in [-0.4, -0.2) is 44.1 Å². The van der Waals surface area contributed by atoms with E-state index in [1.807, 2.05) is 29.2 Å². The largest absolute Gasteiger partial charge is 0.497 e. The first-order valence-corrected chi connectivity index (χ1v) is 7.62. The second-order valence-electron chi connectivity index (χ2n) is 5.53. The highest BCUT2D eigenvalue weighted by molar-refractivity contribution is 5.77. The lowest BCUT2D eigenvalue weighted by atomic mass is 9.96. The molecule has 1 amide bonds. The number of hydrogen-bond acceptors (Lipinski definition) is 4. The molecule has 0 aromatic heterocycles. The fraction of sp³-hybridized carbons (Fsp3) is 0.529. The molecular weight excluding hydrogens is 282 g/mol. The average molecular weight is 305 g/mol. The van der Waals surface area contributed by atoms with Crippen LogP contribution in [0.4, 0.5) is 0 Å². The normalized spacial score (nSPS) is 15.5. The Morgan fingerprint density at radius 3 is 2.32 bits per heavy atom. The molecule has 1 aliphatic rings. The number of aryl methyl sites for hydroxylation is 1. The maximum Gasteiger partial charge on any atom is 0.308 e. The summed E-state index contributed by atoms with van der Waals surface area (Å²) >= 11 is 0. The lowest BCUT2D eigenvalue weighted by Gasteiger charge is -2.30. The van der Waals surface area contributed by atoms with Gasteiger partial charge in [-0.15, -0.1) is 0 Å². The standard InChI is InChI=1S/C17H23NO4/c1-21-15-6-3-13(4-7-15)5-8-16(19)18-11-9-14(10-12-18)17(20)22-2/h3-4,6-7,14H,5,8-12H2,1-2H3. The van der Waals surface area contributed by atoms with Crippen molar-refractivity contribution >= 4 is 11.9 Å². The van der Waals surface area contributed by atoms with Gasteiger partial charge in [0.1, 0.15) is 5.75 Å². The lowest BCUT2D eigenvalue weighted by Crippen LogP contribution is -2.40. The molecule has 1 heterocycles. The molecule has 5 nitrogen and oxygen atoms in total. The minimum atomic E-state index is -0.162. The number of rotatable bonds is 5. The van der Waals surface area contributed by atoms with Gasteiger partial charge >= 0.3 is 5.97 Å². The molecule has 5 heteroatoms. The fourth-order valence-electron chi connectivity index (χ4n) is 2.73. The number of methoxy groups -OCH3 is 2. The van der Waals surface area contributed by atoms with E-state index < -0.39 is 0 Å². The van der Waals surface area contributed by atoms with E-state index in [1.165, 1.54) is 7.11 Å². The van der Waals surface area contributed by atoms with Crippen LogP contribution >= 0.6 is 0 Å². The highest BCUT2D eigenvalue weighted by Gasteiger charge is 2.27. The number of ether oxygens (including phenoxy) is 2. The molecule has 22 heavy (non-hydrogen) atoms. The van der Waals surface area contributed by atoms with Crippen molar-refractivity contribution in [3.8, 4) is 5.75 Å². The van der Waals surface area contributed by atoms with Gasteiger partial charge < -0.3 is 14.4 Å². The Morgan fingerprint density at radius 2 is 1.77 bits per heavy atom. The second-order valence-corrected chi connectivity index (χ2v) is 5.53. The molecule has 1 aromatic carbocycles. The topological polar surface area (TPSA) is 55.8 Å². The summed E-state index contributed by atoms with van der Waals surface area (Å²) in [5.74, 6) is 0.750. The molecule has 0 radical (unpaired) electrons. The van der Waals surface area contributed by atoms with Gasteiger partial charge in [-0.25, -0.2) is 0 Å². The Balaban J connectivity index is 1.77. The van der Waals surface area contributed by atoms with Gasteiger partial charge in [-0.2, -0.15) is 0 Å². The molecule has 1 aromatic rings. The van der Waals surface area contributed by atoms with Crippen molar-refractivity contribution in [1.82, 2.24) is 4.90 Å². The monoisotopic (exact) mass is 305 g/mol. The molecule has 0 saturated carbocycles. The molecule has 2 rings (SSSR count). The van der Waals surface area contributed by atoms with E-state index in [9.17, 15) is 9.59 Å². The Kier molecular flexibility index (Phi) is 5.81. The first-order chi connectivity index (χ1) is 10.6. The fourth-order valence-corrected chi connectivity index (χ4v) is 2.73. The summed E-state index contributed by atoms with van der Waals surface area (Å²) in [7, 11) is 3.05. The highest BCUT2D eigenvalue weighted by atomic mass is 16.5. The molecule has 1 aliphatic heterocycles. The maximum absolute atomic E-state index is 12.2. The van der Waals surface area contributed by atoms with E-state index in [1.54, 1.807) is 7.11 Å². The summed E-state index contributed by atoms with van der Waals surface area (Å²) in [4.78, 5) is 25.5. The van der Waals surface area contributed by atoms with Crippen LogP contribution in [0.25, 0.3) is 0 Å². The summed E-state index contributed by atoms with van der Waals surface area (Å²) in [6.07, 6.45) is 2.61. The number of carbonyl (C=O) groups is 2. The van der Waals surface area contributed by atoms with E-state index in [0.29, 0.717) is 32.4 Å². The number of likely N-dealkylation sites (tertiary alicyclic amines) is 1. The van der Waals surface area contributed by atoms with Crippen LogP contribution in [0.5, 0.6) is 5.75 Å². The Labute approximate surface area is 131 Å². The molecule has 0 bridgehead atoms. The van der Waals surface area contributed by atoms with Crippen molar-refractivity contribution < 1.29 is 19.1 Å². The van der Waals surface area contributed by atoms with Gasteiger partial charge in [0, 0.05) is 19.5 Å². The predicted octanol–water partition coefficient (Wildman–Crippen LogP) is 2.04.